The van der Waals surface area contributed by atoms with Gasteiger partial charge in [0.1, 0.15) is 24.0 Å². The summed E-state index contributed by atoms with van der Waals surface area (Å²) in [6, 6.07) is 8.34. The van der Waals surface area contributed by atoms with Crippen LogP contribution < -0.4 is 4.74 Å². The van der Waals surface area contributed by atoms with Crippen molar-refractivity contribution in [3.8, 4) is 5.75 Å². The number of aryl methyl sites for hydroxylation is 1. The fraction of sp³-hybridized carbons (Fsp3) is 0.188. The Balaban J connectivity index is 2.23. The van der Waals surface area contributed by atoms with Crippen LogP contribution in [0.15, 0.2) is 36.4 Å². The van der Waals surface area contributed by atoms with E-state index in [9.17, 15) is 13.6 Å². The van der Waals surface area contributed by atoms with Gasteiger partial charge >= 0.3 is 0 Å². The number of benzene rings is 2. The normalized spacial score (nSPS) is 10.4. The van der Waals surface area contributed by atoms with Crippen molar-refractivity contribution in [3.63, 3.8) is 0 Å². The molecule has 0 atom stereocenters. The van der Waals surface area contributed by atoms with Gasteiger partial charge in [-0.05, 0) is 44.2 Å². The predicted octanol–water partition coefficient (Wildman–Crippen LogP) is 4.05. The van der Waals surface area contributed by atoms with E-state index >= 15 is 0 Å². The van der Waals surface area contributed by atoms with Crippen molar-refractivity contribution in [1.82, 2.24) is 0 Å². The van der Waals surface area contributed by atoms with Crippen molar-refractivity contribution in [2.24, 2.45) is 0 Å². The fourth-order valence-corrected chi connectivity index (χ4v) is 1.85. The van der Waals surface area contributed by atoms with Crippen LogP contribution in [-0.2, 0) is 6.61 Å². The molecule has 0 spiro atoms. The molecule has 2 aromatic carbocycles. The molecule has 2 aromatic rings. The number of ketones is 1. The van der Waals surface area contributed by atoms with Crippen LogP contribution >= 0.6 is 0 Å². The van der Waals surface area contributed by atoms with Crippen LogP contribution in [0.2, 0.25) is 0 Å². The highest BCUT2D eigenvalue weighted by Gasteiger charge is 2.10. The number of carbonyl (C=O) groups excluding carboxylic acids is 1. The second-order valence-electron chi connectivity index (χ2n) is 4.58. The third-order valence-electron chi connectivity index (χ3n) is 2.91. The summed E-state index contributed by atoms with van der Waals surface area (Å²) in [6.45, 7) is 3.17. The summed E-state index contributed by atoms with van der Waals surface area (Å²) in [7, 11) is 0. The molecule has 0 fully saturated rings. The lowest BCUT2D eigenvalue weighted by atomic mass is 10.1. The second-order valence-corrected chi connectivity index (χ2v) is 4.58. The van der Waals surface area contributed by atoms with Crippen LogP contribution in [0.25, 0.3) is 0 Å². The van der Waals surface area contributed by atoms with Crippen molar-refractivity contribution in [2.45, 2.75) is 20.5 Å². The average molecular weight is 276 g/mol. The lowest BCUT2D eigenvalue weighted by Gasteiger charge is -2.11. The van der Waals surface area contributed by atoms with Crippen LogP contribution in [0.4, 0.5) is 8.78 Å². The van der Waals surface area contributed by atoms with Crippen LogP contribution in [0.5, 0.6) is 5.75 Å². The fourth-order valence-electron chi connectivity index (χ4n) is 1.85. The summed E-state index contributed by atoms with van der Waals surface area (Å²) in [6.07, 6.45) is 0. The first-order valence-electron chi connectivity index (χ1n) is 6.15. The molecule has 2 nitrogen and oxygen atoms in total. The van der Waals surface area contributed by atoms with Gasteiger partial charge in [-0.2, -0.15) is 0 Å². The van der Waals surface area contributed by atoms with Gasteiger partial charge in [-0.1, -0.05) is 11.6 Å². The Morgan fingerprint density at radius 2 is 1.90 bits per heavy atom. The SMILES string of the molecule is CC(=O)c1cc(C)ccc1OCc1cc(F)ccc1F. The van der Waals surface area contributed by atoms with Gasteiger partial charge in [-0.3, -0.25) is 4.79 Å². The van der Waals surface area contributed by atoms with E-state index in [-0.39, 0.29) is 18.0 Å². The molecular weight excluding hydrogens is 262 g/mol. The highest BCUT2D eigenvalue weighted by Crippen LogP contribution is 2.22. The molecule has 0 aliphatic heterocycles. The van der Waals surface area contributed by atoms with Crippen molar-refractivity contribution in [2.75, 3.05) is 0 Å². The first kappa shape index (κ1) is 14.2. The quantitative estimate of drug-likeness (QED) is 0.787. The number of hydrogen-bond donors (Lipinski definition) is 0. The predicted molar refractivity (Wildman–Crippen MR) is 71.9 cm³/mol. The van der Waals surface area contributed by atoms with E-state index in [1.807, 2.05) is 6.92 Å². The smallest absolute Gasteiger partial charge is 0.163 e. The van der Waals surface area contributed by atoms with Crippen molar-refractivity contribution in [1.29, 1.82) is 0 Å². The molecule has 0 unspecified atom stereocenters. The molecule has 0 radical (unpaired) electrons. The molecule has 0 heterocycles. The molecule has 0 aliphatic rings. The molecule has 0 bridgehead atoms. The number of Topliss-reactive ketones (excluding diaryl/α,β-unsaturated/α-hetero) is 1. The maximum atomic E-state index is 13.5. The number of rotatable bonds is 4. The van der Waals surface area contributed by atoms with E-state index in [1.165, 1.54) is 6.92 Å². The van der Waals surface area contributed by atoms with Gasteiger partial charge in [0.2, 0.25) is 0 Å². The minimum absolute atomic E-state index is 0.111. The van der Waals surface area contributed by atoms with Crippen molar-refractivity contribution >= 4 is 5.78 Å². The van der Waals surface area contributed by atoms with E-state index in [2.05, 4.69) is 0 Å². The van der Waals surface area contributed by atoms with Gasteiger partial charge in [-0.25, -0.2) is 8.78 Å². The molecule has 0 aromatic heterocycles. The Morgan fingerprint density at radius 3 is 2.60 bits per heavy atom. The first-order valence-corrected chi connectivity index (χ1v) is 6.15. The van der Waals surface area contributed by atoms with E-state index in [4.69, 9.17) is 4.74 Å². The summed E-state index contributed by atoms with van der Waals surface area (Å²) < 4.78 is 32.0. The number of halogens is 2. The summed E-state index contributed by atoms with van der Waals surface area (Å²) in [5.74, 6) is -0.834. The lowest BCUT2D eigenvalue weighted by Crippen LogP contribution is -2.04. The topological polar surface area (TPSA) is 26.3 Å². The molecular formula is C16H14F2O2. The minimum atomic E-state index is -0.539. The van der Waals surface area contributed by atoms with Crippen molar-refractivity contribution in [3.05, 3.63) is 64.7 Å². The standard InChI is InChI=1S/C16H14F2O2/c1-10-3-6-16(14(7-10)11(2)19)20-9-12-8-13(17)4-5-15(12)18/h3-8H,9H2,1-2H3. The Kier molecular flexibility index (Phi) is 4.13. The molecule has 0 N–H and O–H groups in total. The van der Waals surface area contributed by atoms with E-state index in [0.29, 0.717) is 11.3 Å². The Bertz CT molecular complexity index is 651. The second kappa shape index (κ2) is 5.82. The first-order chi connectivity index (χ1) is 9.47. The molecule has 0 saturated carbocycles. The molecule has 4 heteroatoms. The highest BCUT2D eigenvalue weighted by molar-refractivity contribution is 5.97. The Hall–Kier alpha value is -2.23. The van der Waals surface area contributed by atoms with E-state index in [1.54, 1.807) is 18.2 Å². The zero-order valence-corrected chi connectivity index (χ0v) is 11.2. The monoisotopic (exact) mass is 276 g/mol. The highest BCUT2D eigenvalue weighted by atomic mass is 19.1. The third-order valence-corrected chi connectivity index (χ3v) is 2.91. The zero-order chi connectivity index (χ0) is 14.7. The molecule has 0 saturated heterocycles. The largest absolute Gasteiger partial charge is 0.488 e. The van der Waals surface area contributed by atoms with Crippen LogP contribution in [0.1, 0.15) is 28.4 Å². The van der Waals surface area contributed by atoms with Gasteiger partial charge in [0.15, 0.2) is 5.78 Å². The molecule has 104 valence electrons. The number of hydrogen-bond acceptors (Lipinski definition) is 2. The Morgan fingerprint density at radius 1 is 1.15 bits per heavy atom. The van der Waals surface area contributed by atoms with Crippen LogP contribution in [0, 0.1) is 18.6 Å². The van der Waals surface area contributed by atoms with Gasteiger partial charge < -0.3 is 4.74 Å². The lowest BCUT2D eigenvalue weighted by molar-refractivity contribution is 0.101. The summed E-state index contributed by atoms with van der Waals surface area (Å²) in [4.78, 5) is 11.5. The van der Waals surface area contributed by atoms with Crippen molar-refractivity contribution < 1.29 is 18.3 Å². The van der Waals surface area contributed by atoms with Gasteiger partial charge in [0.05, 0.1) is 5.56 Å². The maximum Gasteiger partial charge on any atom is 0.163 e. The van der Waals surface area contributed by atoms with Crippen LogP contribution in [0.3, 0.4) is 0 Å². The summed E-state index contributed by atoms with van der Waals surface area (Å²) in [5.41, 5.74) is 1.47. The maximum absolute atomic E-state index is 13.5. The van der Waals surface area contributed by atoms with Gasteiger partial charge in [0.25, 0.3) is 0 Å². The van der Waals surface area contributed by atoms with E-state index < -0.39 is 11.6 Å². The van der Waals surface area contributed by atoms with Crippen LogP contribution in [-0.4, -0.2) is 5.78 Å². The third kappa shape index (κ3) is 3.20. The van der Waals surface area contributed by atoms with E-state index in [0.717, 1.165) is 23.8 Å². The molecule has 20 heavy (non-hydrogen) atoms. The average Bonchev–Trinajstić information content (AvgIpc) is 2.40. The van der Waals surface area contributed by atoms with Gasteiger partial charge in [0, 0.05) is 5.56 Å². The molecule has 2 rings (SSSR count). The summed E-state index contributed by atoms with van der Waals surface area (Å²) in [5, 5.41) is 0. The number of carbonyl (C=O) groups is 1. The van der Waals surface area contributed by atoms with Gasteiger partial charge in [-0.15, -0.1) is 0 Å². The minimum Gasteiger partial charge on any atom is -0.488 e. The Labute approximate surface area is 116 Å². The number of ether oxygens (including phenoxy) is 1. The summed E-state index contributed by atoms with van der Waals surface area (Å²) >= 11 is 0. The molecule has 0 amide bonds. The molecule has 0 aliphatic carbocycles. The zero-order valence-electron chi connectivity index (χ0n) is 11.2.